The summed E-state index contributed by atoms with van der Waals surface area (Å²) in [6, 6.07) is 4.02. The van der Waals surface area contributed by atoms with Crippen molar-refractivity contribution in [2.45, 2.75) is 26.8 Å². The maximum Gasteiger partial charge on any atom is 0.263 e. The van der Waals surface area contributed by atoms with E-state index < -0.39 is 6.04 Å². The lowest BCUT2D eigenvalue weighted by Crippen LogP contribution is -2.31. The molecule has 5 nitrogen and oxygen atoms in total. The summed E-state index contributed by atoms with van der Waals surface area (Å²) < 4.78 is 1.34. The van der Waals surface area contributed by atoms with E-state index in [-0.39, 0.29) is 11.5 Å². The molecule has 1 amide bonds. The molecule has 0 radical (unpaired) electrons. The van der Waals surface area contributed by atoms with Crippen molar-refractivity contribution >= 4 is 56.3 Å². The number of thiophene rings is 1. The number of nitrogens with one attached hydrogen (secondary N) is 1. The number of amides is 1. The van der Waals surface area contributed by atoms with Gasteiger partial charge in [-0.25, -0.2) is 4.98 Å². The molecule has 0 aliphatic rings. The normalized spacial score (nSPS) is 12.4. The van der Waals surface area contributed by atoms with Gasteiger partial charge < -0.3 is 5.32 Å². The number of carbonyl (C=O) groups is 1. The Bertz CT molecular complexity index is 1020. The molecule has 0 saturated heterocycles. The van der Waals surface area contributed by atoms with Crippen molar-refractivity contribution in [2.75, 3.05) is 5.32 Å². The van der Waals surface area contributed by atoms with Crippen molar-refractivity contribution in [1.29, 1.82) is 0 Å². The quantitative estimate of drug-likeness (QED) is 0.705. The summed E-state index contributed by atoms with van der Waals surface area (Å²) in [5.74, 6) is -0.355. The van der Waals surface area contributed by atoms with Crippen LogP contribution < -0.4 is 10.9 Å². The van der Waals surface area contributed by atoms with Gasteiger partial charge in [-0.15, -0.1) is 11.3 Å². The fourth-order valence-corrected chi connectivity index (χ4v) is 4.04. The molecule has 0 aliphatic heterocycles. The molecule has 1 N–H and O–H groups in total. The van der Waals surface area contributed by atoms with Gasteiger partial charge in [0.25, 0.3) is 5.56 Å². The Kier molecular flexibility index (Phi) is 4.86. The van der Waals surface area contributed by atoms with Crippen molar-refractivity contribution in [3.63, 3.8) is 0 Å². The number of anilines is 1. The van der Waals surface area contributed by atoms with Crippen LogP contribution in [0.1, 0.15) is 23.4 Å². The summed E-state index contributed by atoms with van der Waals surface area (Å²) in [7, 11) is 0. The minimum absolute atomic E-state index is 0.223. The van der Waals surface area contributed by atoms with E-state index in [0.29, 0.717) is 25.9 Å². The molecule has 0 spiro atoms. The number of benzene rings is 1. The number of carbonyl (C=O) groups excluding carboxylic acids is 1. The first-order chi connectivity index (χ1) is 11.8. The van der Waals surface area contributed by atoms with E-state index in [4.69, 9.17) is 23.2 Å². The lowest BCUT2D eigenvalue weighted by Gasteiger charge is -2.15. The van der Waals surface area contributed by atoms with Crippen molar-refractivity contribution < 1.29 is 4.79 Å². The Balaban J connectivity index is 1.94. The van der Waals surface area contributed by atoms with E-state index in [1.165, 1.54) is 22.2 Å². The van der Waals surface area contributed by atoms with E-state index >= 15 is 0 Å². The van der Waals surface area contributed by atoms with E-state index in [1.807, 2.05) is 13.8 Å². The van der Waals surface area contributed by atoms with Gasteiger partial charge >= 0.3 is 0 Å². The first-order valence-electron chi connectivity index (χ1n) is 7.51. The van der Waals surface area contributed by atoms with Crippen LogP contribution >= 0.6 is 34.5 Å². The third-order valence-corrected chi connectivity index (χ3v) is 5.59. The number of nitrogens with zero attached hydrogens (tertiary/aromatic N) is 2. The zero-order valence-electron chi connectivity index (χ0n) is 13.8. The highest BCUT2D eigenvalue weighted by Crippen LogP contribution is 2.26. The van der Waals surface area contributed by atoms with Gasteiger partial charge in [0.2, 0.25) is 5.91 Å². The second kappa shape index (κ2) is 6.78. The molecular weight excluding hydrogens is 381 g/mol. The zero-order chi connectivity index (χ0) is 18.3. The molecular formula is C17H15Cl2N3O2S. The van der Waals surface area contributed by atoms with Crippen LogP contribution in [-0.2, 0) is 4.79 Å². The van der Waals surface area contributed by atoms with Crippen LogP contribution in [0.25, 0.3) is 10.2 Å². The number of hydrogen-bond donors (Lipinski definition) is 1. The summed E-state index contributed by atoms with van der Waals surface area (Å²) >= 11 is 13.4. The zero-order valence-corrected chi connectivity index (χ0v) is 16.1. The number of aromatic nitrogens is 2. The molecule has 130 valence electrons. The fraction of sp³-hybridized carbons (Fsp3) is 0.235. The largest absolute Gasteiger partial charge is 0.324 e. The van der Waals surface area contributed by atoms with Gasteiger partial charge in [-0.05, 0) is 44.5 Å². The molecule has 2 heterocycles. The Morgan fingerprint density at radius 1 is 1.24 bits per heavy atom. The highest BCUT2D eigenvalue weighted by Gasteiger charge is 2.20. The number of aryl methyl sites for hydroxylation is 2. The van der Waals surface area contributed by atoms with Crippen LogP contribution in [0.5, 0.6) is 0 Å². The Hall–Kier alpha value is -1.89. The highest BCUT2D eigenvalue weighted by atomic mass is 35.5. The maximum absolute atomic E-state index is 12.8. The van der Waals surface area contributed by atoms with Gasteiger partial charge in [0.05, 0.1) is 11.7 Å². The Labute approximate surface area is 158 Å². The number of halogens is 2. The standard InChI is InChI=1S/C17H15Cl2N3O2S/c1-8-10(3)25-16-14(8)17(24)22(7-20-16)9(2)15(23)21-13-5-11(18)4-12(19)6-13/h4-7,9H,1-3H3,(H,21,23)/t9-/m0/s1. The van der Waals surface area contributed by atoms with E-state index in [1.54, 1.807) is 25.1 Å². The molecule has 25 heavy (non-hydrogen) atoms. The third kappa shape index (κ3) is 3.42. The molecule has 2 aromatic heterocycles. The van der Waals surface area contributed by atoms with Gasteiger partial charge in [-0.1, -0.05) is 23.2 Å². The van der Waals surface area contributed by atoms with Crippen LogP contribution in [-0.4, -0.2) is 15.5 Å². The smallest absolute Gasteiger partial charge is 0.263 e. The molecule has 8 heteroatoms. The highest BCUT2D eigenvalue weighted by molar-refractivity contribution is 7.18. The van der Waals surface area contributed by atoms with Crippen molar-refractivity contribution in [3.05, 3.63) is 55.4 Å². The minimum atomic E-state index is -0.734. The Morgan fingerprint density at radius 3 is 2.52 bits per heavy atom. The number of fused-ring (bicyclic) bond motifs is 1. The van der Waals surface area contributed by atoms with E-state index in [2.05, 4.69) is 10.3 Å². The van der Waals surface area contributed by atoms with Gasteiger partial charge in [0, 0.05) is 20.6 Å². The second-order valence-electron chi connectivity index (χ2n) is 5.74. The molecule has 0 fully saturated rings. The predicted octanol–water partition coefficient (Wildman–Crippen LogP) is 4.58. The maximum atomic E-state index is 12.8. The molecule has 0 unspecified atom stereocenters. The molecule has 0 saturated carbocycles. The predicted molar refractivity (Wildman–Crippen MR) is 103 cm³/mol. The second-order valence-corrected chi connectivity index (χ2v) is 7.82. The molecule has 0 aliphatic carbocycles. The average molecular weight is 396 g/mol. The van der Waals surface area contributed by atoms with Crippen LogP contribution in [0.2, 0.25) is 10.0 Å². The molecule has 3 aromatic rings. The summed E-state index contributed by atoms with van der Waals surface area (Å²) in [6.07, 6.45) is 1.41. The number of hydrogen-bond acceptors (Lipinski definition) is 4. The summed E-state index contributed by atoms with van der Waals surface area (Å²) in [6.45, 7) is 5.48. The van der Waals surface area contributed by atoms with Crippen LogP contribution in [0.15, 0.2) is 29.3 Å². The van der Waals surface area contributed by atoms with Crippen molar-refractivity contribution in [3.8, 4) is 0 Å². The molecule has 0 bridgehead atoms. The van der Waals surface area contributed by atoms with Gasteiger partial charge in [0.1, 0.15) is 10.9 Å². The van der Waals surface area contributed by atoms with Crippen LogP contribution in [0.3, 0.4) is 0 Å². The Morgan fingerprint density at radius 2 is 1.88 bits per heavy atom. The van der Waals surface area contributed by atoms with Crippen molar-refractivity contribution in [1.82, 2.24) is 9.55 Å². The SMILES string of the molecule is Cc1sc2ncn([C@@H](C)C(=O)Nc3cc(Cl)cc(Cl)c3)c(=O)c2c1C. The van der Waals surface area contributed by atoms with E-state index in [0.717, 1.165) is 10.4 Å². The molecule has 1 atom stereocenters. The fourth-order valence-electron chi connectivity index (χ4n) is 2.52. The topological polar surface area (TPSA) is 64.0 Å². The monoisotopic (exact) mass is 395 g/mol. The molecule has 1 aromatic carbocycles. The van der Waals surface area contributed by atoms with E-state index in [9.17, 15) is 9.59 Å². The van der Waals surface area contributed by atoms with Gasteiger partial charge in [0.15, 0.2) is 0 Å². The third-order valence-electron chi connectivity index (χ3n) is 4.04. The van der Waals surface area contributed by atoms with Gasteiger partial charge in [-0.3, -0.25) is 14.2 Å². The first-order valence-corrected chi connectivity index (χ1v) is 9.09. The minimum Gasteiger partial charge on any atom is -0.324 e. The average Bonchev–Trinajstić information content (AvgIpc) is 2.81. The lowest BCUT2D eigenvalue weighted by molar-refractivity contribution is -0.118. The summed E-state index contributed by atoms with van der Waals surface area (Å²) in [5, 5.41) is 4.12. The van der Waals surface area contributed by atoms with Crippen molar-refractivity contribution in [2.24, 2.45) is 0 Å². The summed E-state index contributed by atoms with van der Waals surface area (Å²) in [4.78, 5) is 31.4. The number of rotatable bonds is 3. The molecule has 3 rings (SSSR count). The lowest BCUT2D eigenvalue weighted by atomic mass is 10.2. The van der Waals surface area contributed by atoms with Crippen LogP contribution in [0, 0.1) is 13.8 Å². The van der Waals surface area contributed by atoms with Gasteiger partial charge in [-0.2, -0.15) is 0 Å². The first kappa shape index (κ1) is 17.9. The summed E-state index contributed by atoms with van der Waals surface area (Å²) in [5.41, 5.74) is 1.15. The van der Waals surface area contributed by atoms with Crippen LogP contribution in [0.4, 0.5) is 5.69 Å².